The molecule has 3 aliphatic heterocycles. The molecule has 0 amide bonds. The SMILES string of the molecule is CC(C)C(C)(CC(C)(C)C)C(=O)OC1C(=O)OC2C3OC4(CCC(F)(F)C4C(=O)OCC(C)(C)C)OC3OC12. The Morgan fingerprint density at radius 3 is 2.18 bits per heavy atom. The maximum atomic E-state index is 14.9. The van der Waals surface area contributed by atoms with Gasteiger partial charge >= 0.3 is 17.9 Å². The summed E-state index contributed by atoms with van der Waals surface area (Å²) in [6.07, 6.45) is -6.08. The molecule has 0 aromatic heterocycles. The fraction of sp³-hybridized carbons (Fsp3) is 0.893. The lowest BCUT2D eigenvalue weighted by atomic mass is 9.69. The summed E-state index contributed by atoms with van der Waals surface area (Å²) < 4.78 is 64.0. The third-order valence-electron chi connectivity index (χ3n) is 8.07. The lowest BCUT2D eigenvalue weighted by Crippen LogP contribution is -2.49. The van der Waals surface area contributed by atoms with E-state index in [1.807, 2.05) is 62.3 Å². The number of hydrogen-bond acceptors (Lipinski definition) is 9. The van der Waals surface area contributed by atoms with Crippen LogP contribution in [0.25, 0.3) is 0 Å². The molecular weight excluding hydrogens is 518 g/mol. The zero-order valence-electron chi connectivity index (χ0n) is 24.3. The minimum atomic E-state index is -3.42. The van der Waals surface area contributed by atoms with Crippen molar-refractivity contribution in [3.05, 3.63) is 0 Å². The van der Waals surface area contributed by atoms with Crippen molar-refractivity contribution in [2.24, 2.45) is 28.1 Å². The fourth-order valence-electron chi connectivity index (χ4n) is 5.94. The summed E-state index contributed by atoms with van der Waals surface area (Å²) in [6.45, 7) is 17.1. The molecular formula is C28H42F2O9. The molecule has 4 fully saturated rings. The van der Waals surface area contributed by atoms with Crippen LogP contribution in [-0.4, -0.2) is 66.9 Å². The predicted octanol–water partition coefficient (Wildman–Crippen LogP) is 4.39. The summed E-state index contributed by atoms with van der Waals surface area (Å²) in [6, 6.07) is 0. The first-order chi connectivity index (χ1) is 17.7. The Balaban J connectivity index is 1.49. The molecule has 3 saturated heterocycles. The molecule has 4 aliphatic rings. The number of hydrogen-bond donors (Lipinski definition) is 0. The fourth-order valence-corrected chi connectivity index (χ4v) is 5.94. The third kappa shape index (κ3) is 5.55. The number of esters is 3. The molecule has 1 saturated carbocycles. The van der Waals surface area contributed by atoms with Crippen molar-refractivity contribution in [3.63, 3.8) is 0 Å². The lowest BCUT2D eigenvalue weighted by Gasteiger charge is -2.37. The molecule has 1 spiro atoms. The number of alkyl halides is 2. The summed E-state index contributed by atoms with van der Waals surface area (Å²) in [5.41, 5.74) is -1.48. The van der Waals surface area contributed by atoms with E-state index in [9.17, 15) is 23.2 Å². The van der Waals surface area contributed by atoms with Gasteiger partial charge in [-0.1, -0.05) is 55.4 Å². The van der Waals surface area contributed by atoms with Gasteiger partial charge in [0.1, 0.15) is 6.10 Å². The lowest BCUT2D eigenvalue weighted by molar-refractivity contribution is -0.266. The van der Waals surface area contributed by atoms with Gasteiger partial charge in [-0.3, -0.25) is 9.59 Å². The van der Waals surface area contributed by atoms with Gasteiger partial charge in [0.25, 0.3) is 5.92 Å². The zero-order chi connectivity index (χ0) is 29.3. The van der Waals surface area contributed by atoms with Crippen LogP contribution in [0.3, 0.4) is 0 Å². The molecule has 8 unspecified atom stereocenters. The number of carbonyl (C=O) groups excluding carboxylic acids is 3. The van der Waals surface area contributed by atoms with E-state index in [0.717, 1.165) is 0 Å². The molecule has 0 bridgehead atoms. The van der Waals surface area contributed by atoms with Crippen LogP contribution in [-0.2, 0) is 42.8 Å². The normalized spacial score (nSPS) is 37.0. The van der Waals surface area contributed by atoms with E-state index >= 15 is 0 Å². The number of carbonyl (C=O) groups is 3. The molecule has 0 radical (unpaired) electrons. The highest BCUT2D eigenvalue weighted by Gasteiger charge is 2.74. The Morgan fingerprint density at radius 1 is 0.974 bits per heavy atom. The van der Waals surface area contributed by atoms with E-state index in [4.69, 9.17) is 28.4 Å². The van der Waals surface area contributed by atoms with Crippen LogP contribution >= 0.6 is 0 Å². The van der Waals surface area contributed by atoms with Gasteiger partial charge < -0.3 is 28.4 Å². The zero-order valence-corrected chi connectivity index (χ0v) is 24.3. The number of rotatable bonds is 6. The first-order valence-corrected chi connectivity index (χ1v) is 13.7. The van der Waals surface area contributed by atoms with Gasteiger partial charge in [0.2, 0.25) is 6.10 Å². The van der Waals surface area contributed by atoms with Crippen LogP contribution in [0.5, 0.6) is 0 Å². The Bertz CT molecular complexity index is 1000. The first-order valence-electron chi connectivity index (χ1n) is 13.7. The molecule has 0 aromatic carbocycles. The number of halogens is 2. The average Bonchev–Trinajstić information content (AvgIpc) is 3.44. The van der Waals surface area contributed by atoms with Crippen molar-refractivity contribution in [2.45, 2.75) is 124 Å². The minimum absolute atomic E-state index is 0.0578. The summed E-state index contributed by atoms with van der Waals surface area (Å²) in [5, 5.41) is 0. The topological polar surface area (TPSA) is 107 Å². The van der Waals surface area contributed by atoms with Gasteiger partial charge in [-0.2, -0.15) is 0 Å². The molecule has 222 valence electrons. The Labute approximate surface area is 228 Å². The molecule has 11 heteroatoms. The Hall–Kier alpha value is -1.85. The van der Waals surface area contributed by atoms with E-state index in [2.05, 4.69) is 0 Å². The van der Waals surface area contributed by atoms with E-state index in [0.29, 0.717) is 6.42 Å². The molecule has 0 N–H and O–H groups in total. The predicted molar refractivity (Wildman–Crippen MR) is 132 cm³/mol. The quantitative estimate of drug-likeness (QED) is 0.345. The van der Waals surface area contributed by atoms with Crippen LogP contribution in [0.15, 0.2) is 0 Å². The van der Waals surface area contributed by atoms with Gasteiger partial charge in [-0.05, 0) is 30.1 Å². The summed E-state index contributed by atoms with van der Waals surface area (Å²) in [4.78, 5) is 39.0. The number of ether oxygens (including phenoxy) is 6. The van der Waals surface area contributed by atoms with E-state index in [1.165, 1.54) is 0 Å². The molecule has 9 nitrogen and oxygen atoms in total. The third-order valence-corrected chi connectivity index (χ3v) is 8.07. The second-order valence-corrected chi connectivity index (χ2v) is 14.4. The van der Waals surface area contributed by atoms with E-state index in [-0.39, 0.29) is 24.4 Å². The highest BCUT2D eigenvalue weighted by molar-refractivity contribution is 5.84. The Morgan fingerprint density at radius 2 is 1.62 bits per heavy atom. The average molecular weight is 561 g/mol. The highest BCUT2D eigenvalue weighted by Crippen LogP contribution is 2.56. The van der Waals surface area contributed by atoms with Gasteiger partial charge in [0.15, 0.2) is 30.2 Å². The van der Waals surface area contributed by atoms with Crippen molar-refractivity contribution >= 4 is 17.9 Å². The second kappa shape index (κ2) is 9.62. The van der Waals surface area contributed by atoms with Gasteiger partial charge in [-0.25, -0.2) is 13.6 Å². The maximum absolute atomic E-state index is 14.9. The van der Waals surface area contributed by atoms with Crippen molar-refractivity contribution in [1.82, 2.24) is 0 Å². The largest absolute Gasteiger partial charge is 0.465 e. The van der Waals surface area contributed by atoms with Gasteiger partial charge in [0, 0.05) is 12.8 Å². The number of fused-ring (bicyclic) bond motifs is 3. The van der Waals surface area contributed by atoms with Crippen molar-refractivity contribution in [1.29, 1.82) is 0 Å². The Kier molecular flexibility index (Phi) is 7.43. The summed E-state index contributed by atoms with van der Waals surface area (Å²) in [7, 11) is 0. The van der Waals surface area contributed by atoms with Crippen LogP contribution in [0.1, 0.15) is 81.6 Å². The van der Waals surface area contributed by atoms with Crippen molar-refractivity contribution < 1.29 is 51.6 Å². The van der Waals surface area contributed by atoms with E-state index < -0.39 is 83.5 Å². The standard InChI is InChI=1S/C28H42F2O9/c1-14(2)26(9,12-24(3,4)5)23(33)37-17-15-16(35-20(17)31)18-22(36-15)39-28(38-18)11-10-27(29,30)19(28)21(32)34-13-25(6,7)8/h14-19,22H,10-13H2,1-9H3. The summed E-state index contributed by atoms with van der Waals surface area (Å²) >= 11 is 0. The molecule has 39 heavy (non-hydrogen) atoms. The molecule has 1 aliphatic carbocycles. The monoisotopic (exact) mass is 560 g/mol. The highest BCUT2D eigenvalue weighted by atomic mass is 19.3. The minimum Gasteiger partial charge on any atom is -0.465 e. The first kappa shape index (κ1) is 30.1. The maximum Gasteiger partial charge on any atom is 0.350 e. The van der Waals surface area contributed by atoms with Gasteiger partial charge in [0.05, 0.1) is 12.0 Å². The van der Waals surface area contributed by atoms with Crippen LogP contribution in [0.2, 0.25) is 0 Å². The van der Waals surface area contributed by atoms with Crippen molar-refractivity contribution in [3.8, 4) is 0 Å². The van der Waals surface area contributed by atoms with Crippen LogP contribution in [0.4, 0.5) is 8.78 Å². The molecule has 3 heterocycles. The smallest absolute Gasteiger partial charge is 0.350 e. The molecule has 8 atom stereocenters. The van der Waals surface area contributed by atoms with Crippen LogP contribution in [0, 0.1) is 28.1 Å². The van der Waals surface area contributed by atoms with E-state index in [1.54, 1.807) is 0 Å². The second-order valence-electron chi connectivity index (χ2n) is 14.4. The molecule has 0 aromatic rings. The van der Waals surface area contributed by atoms with Gasteiger partial charge in [-0.15, -0.1) is 0 Å². The summed E-state index contributed by atoms with van der Waals surface area (Å²) in [5.74, 6) is -9.96. The van der Waals surface area contributed by atoms with Crippen molar-refractivity contribution in [2.75, 3.05) is 6.61 Å². The molecule has 4 rings (SSSR count). The van der Waals surface area contributed by atoms with Crippen LogP contribution < -0.4 is 0 Å².